The Morgan fingerprint density at radius 2 is 1.08 bits per heavy atom. The van der Waals surface area contributed by atoms with Crippen LogP contribution < -0.4 is 22.9 Å². The molecule has 0 unspecified atom stereocenters. The number of nitrogens with two attached hydrogens (primary N) is 4. The molecule has 0 aromatic carbocycles. The first-order valence-corrected chi connectivity index (χ1v) is 7.00. The first-order chi connectivity index (χ1) is 11.5. The number of imidazole rings is 2. The van der Waals surface area contributed by atoms with Crippen LogP contribution in [0.3, 0.4) is 0 Å². The molecule has 0 aliphatic carbocycles. The standard InChI is InChI=1S/C12H14N12/c13-7-5-9(21-11(15)19-7)17-3-23(5)1-2-24-4-18-10-6(24)8(14)20-12(16)22-10/h3-4H,1-2H2,(H4,13,15,19,21)(H4,14,16,20,22). The second-order valence-corrected chi connectivity index (χ2v) is 5.15. The Balaban J connectivity index is 1.69. The number of nitrogens with zero attached hydrogens (tertiary/aromatic N) is 8. The molecular weight excluding hydrogens is 312 g/mol. The van der Waals surface area contributed by atoms with Crippen LogP contribution in [-0.4, -0.2) is 39.0 Å². The molecule has 0 aliphatic heterocycles. The van der Waals surface area contributed by atoms with Gasteiger partial charge in [0.2, 0.25) is 11.9 Å². The fourth-order valence-electron chi connectivity index (χ4n) is 2.60. The van der Waals surface area contributed by atoms with E-state index in [2.05, 4.69) is 29.9 Å². The molecule has 12 nitrogen and oxygen atoms in total. The lowest BCUT2D eigenvalue weighted by Gasteiger charge is -2.08. The van der Waals surface area contributed by atoms with Gasteiger partial charge >= 0.3 is 0 Å². The summed E-state index contributed by atoms with van der Waals surface area (Å²) in [5.74, 6) is 0.740. The Morgan fingerprint density at radius 1 is 0.667 bits per heavy atom. The Labute approximate surface area is 134 Å². The Morgan fingerprint density at radius 3 is 1.50 bits per heavy atom. The van der Waals surface area contributed by atoms with Crippen molar-refractivity contribution in [3.05, 3.63) is 12.7 Å². The lowest BCUT2D eigenvalue weighted by atomic mass is 10.4. The highest BCUT2D eigenvalue weighted by atomic mass is 15.2. The first kappa shape index (κ1) is 13.9. The monoisotopic (exact) mass is 326 g/mol. The molecule has 12 heteroatoms. The van der Waals surface area contributed by atoms with Crippen LogP contribution in [0.5, 0.6) is 0 Å². The van der Waals surface area contributed by atoms with E-state index in [4.69, 9.17) is 22.9 Å². The van der Waals surface area contributed by atoms with Gasteiger partial charge in [0, 0.05) is 13.1 Å². The molecule has 4 aromatic rings. The molecule has 0 saturated carbocycles. The summed E-state index contributed by atoms with van der Waals surface area (Å²) in [4.78, 5) is 24.4. The van der Waals surface area contributed by atoms with Crippen LogP contribution >= 0.6 is 0 Å². The molecule has 8 N–H and O–H groups in total. The summed E-state index contributed by atoms with van der Waals surface area (Å²) >= 11 is 0. The maximum absolute atomic E-state index is 5.92. The van der Waals surface area contributed by atoms with Gasteiger partial charge in [0.15, 0.2) is 22.9 Å². The van der Waals surface area contributed by atoms with E-state index in [0.717, 1.165) is 0 Å². The highest BCUT2D eigenvalue weighted by molar-refractivity contribution is 5.83. The van der Waals surface area contributed by atoms with Gasteiger partial charge in [-0.05, 0) is 0 Å². The smallest absolute Gasteiger partial charge is 0.224 e. The summed E-state index contributed by atoms with van der Waals surface area (Å²) in [5.41, 5.74) is 25.1. The third kappa shape index (κ3) is 2.08. The SMILES string of the molecule is Nc1nc(N)c2c(ncn2CCn2cnc3nc(N)nc(N)c32)n1. The Bertz CT molecular complexity index is 975. The first-order valence-electron chi connectivity index (χ1n) is 7.00. The van der Waals surface area contributed by atoms with E-state index in [1.54, 1.807) is 12.7 Å². The van der Waals surface area contributed by atoms with Crippen molar-refractivity contribution in [1.29, 1.82) is 0 Å². The van der Waals surface area contributed by atoms with Crippen LogP contribution in [0, 0.1) is 0 Å². The Hall–Kier alpha value is -3.70. The van der Waals surface area contributed by atoms with Gasteiger partial charge in [-0.2, -0.15) is 19.9 Å². The quantitative estimate of drug-likeness (QED) is 0.362. The molecular formula is C12H14N12. The minimum absolute atomic E-state index is 0.0911. The van der Waals surface area contributed by atoms with Gasteiger partial charge in [0.25, 0.3) is 0 Å². The molecule has 0 spiro atoms. The number of fused-ring (bicyclic) bond motifs is 2. The maximum atomic E-state index is 5.92. The van der Waals surface area contributed by atoms with E-state index >= 15 is 0 Å². The van der Waals surface area contributed by atoms with Crippen LogP contribution in [-0.2, 0) is 13.1 Å². The lowest BCUT2D eigenvalue weighted by Crippen LogP contribution is -2.09. The van der Waals surface area contributed by atoms with Crippen molar-refractivity contribution in [2.24, 2.45) is 0 Å². The fourth-order valence-corrected chi connectivity index (χ4v) is 2.60. The highest BCUT2D eigenvalue weighted by Crippen LogP contribution is 2.20. The molecule has 122 valence electrons. The minimum atomic E-state index is 0.0911. The van der Waals surface area contributed by atoms with Crippen molar-refractivity contribution in [2.45, 2.75) is 13.1 Å². The second kappa shape index (κ2) is 4.91. The summed E-state index contributed by atoms with van der Waals surface area (Å²) in [7, 11) is 0. The molecule has 0 amide bonds. The van der Waals surface area contributed by atoms with Crippen molar-refractivity contribution >= 4 is 45.9 Å². The predicted octanol–water partition coefficient (Wildman–Crippen LogP) is -1.01. The zero-order valence-corrected chi connectivity index (χ0v) is 12.5. The number of hydrogen-bond acceptors (Lipinski definition) is 10. The van der Waals surface area contributed by atoms with E-state index in [1.807, 2.05) is 9.13 Å². The van der Waals surface area contributed by atoms with Gasteiger partial charge < -0.3 is 32.1 Å². The van der Waals surface area contributed by atoms with Crippen LogP contribution in [0.15, 0.2) is 12.7 Å². The van der Waals surface area contributed by atoms with Gasteiger partial charge in [0.05, 0.1) is 12.7 Å². The van der Waals surface area contributed by atoms with Crippen molar-refractivity contribution in [1.82, 2.24) is 39.0 Å². The summed E-state index contributed by atoms with van der Waals surface area (Å²) in [6, 6.07) is 0. The number of aryl methyl sites for hydroxylation is 2. The van der Waals surface area contributed by atoms with Crippen molar-refractivity contribution in [3.8, 4) is 0 Å². The van der Waals surface area contributed by atoms with Gasteiger partial charge in [-0.3, -0.25) is 0 Å². The highest BCUT2D eigenvalue weighted by Gasteiger charge is 2.13. The van der Waals surface area contributed by atoms with Gasteiger partial charge in [-0.1, -0.05) is 0 Å². The number of hydrogen-bond donors (Lipinski definition) is 4. The summed E-state index contributed by atoms with van der Waals surface area (Å²) in [6.45, 7) is 1.09. The number of aromatic nitrogens is 8. The zero-order chi connectivity index (χ0) is 16.8. The number of nitrogen functional groups attached to an aromatic ring is 4. The lowest BCUT2D eigenvalue weighted by molar-refractivity contribution is 0.600. The maximum Gasteiger partial charge on any atom is 0.224 e. The number of rotatable bonds is 3. The van der Waals surface area contributed by atoms with E-state index in [1.165, 1.54) is 0 Å². The summed E-state index contributed by atoms with van der Waals surface area (Å²) < 4.78 is 3.68. The van der Waals surface area contributed by atoms with Crippen LogP contribution in [0.1, 0.15) is 0 Å². The van der Waals surface area contributed by atoms with Crippen LogP contribution in [0.2, 0.25) is 0 Å². The zero-order valence-electron chi connectivity index (χ0n) is 12.5. The van der Waals surface area contributed by atoms with E-state index in [0.29, 0.717) is 35.4 Å². The molecule has 4 heterocycles. The Kier molecular flexibility index (Phi) is 2.85. The van der Waals surface area contributed by atoms with Gasteiger partial charge in [-0.25, -0.2) is 9.97 Å². The van der Waals surface area contributed by atoms with Gasteiger partial charge in [0.1, 0.15) is 11.0 Å². The molecule has 0 aliphatic rings. The summed E-state index contributed by atoms with van der Waals surface area (Å²) in [6.07, 6.45) is 3.26. The molecule has 0 fully saturated rings. The molecule has 0 saturated heterocycles. The van der Waals surface area contributed by atoms with Crippen molar-refractivity contribution in [3.63, 3.8) is 0 Å². The average Bonchev–Trinajstić information content (AvgIpc) is 3.08. The van der Waals surface area contributed by atoms with E-state index in [9.17, 15) is 0 Å². The number of anilines is 4. The van der Waals surface area contributed by atoms with Crippen LogP contribution in [0.4, 0.5) is 23.5 Å². The second-order valence-electron chi connectivity index (χ2n) is 5.15. The molecule has 4 aromatic heterocycles. The normalized spacial score (nSPS) is 11.5. The molecule has 0 radical (unpaired) electrons. The average molecular weight is 326 g/mol. The van der Waals surface area contributed by atoms with Crippen molar-refractivity contribution < 1.29 is 0 Å². The van der Waals surface area contributed by atoms with Crippen LogP contribution in [0.25, 0.3) is 22.3 Å². The molecule has 0 atom stereocenters. The third-order valence-corrected chi connectivity index (χ3v) is 3.61. The topological polar surface area (TPSA) is 191 Å². The summed E-state index contributed by atoms with van der Waals surface area (Å²) in [5, 5.41) is 0. The van der Waals surface area contributed by atoms with Gasteiger partial charge in [-0.15, -0.1) is 0 Å². The van der Waals surface area contributed by atoms with Crippen molar-refractivity contribution in [2.75, 3.05) is 22.9 Å². The third-order valence-electron chi connectivity index (χ3n) is 3.61. The molecule has 24 heavy (non-hydrogen) atoms. The predicted molar refractivity (Wildman–Crippen MR) is 88.3 cm³/mol. The van der Waals surface area contributed by atoms with E-state index in [-0.39, 0.29) is 23.5 Å². The van der Waals surface area contributed by atoms with E-state index < -0.39 is 0 Å². The largest absolute Gasteiger partial charge is 0.382 e. The molecule has 4 rings (SSSR count). The minimum Gasteiger partial charge on any atom is -0.382 e. The fraction of sp³-hybridized carbons (Fsp3) is 0.167. The molecule has 0 bridgehead atoms.